The molecule has 0 aliphatic carbocycles. The van der Waals surface area contributed by atoms with Crippen LogP contribution < -0.4 is 11.1 Å². The number of hydrogen-bond donors (Lipinski definition) is 2. The molecule has 1 amide bonds. The number of nitrogens with one attached hydrogen (secondary N) is 1. The van der Waals surface area contributed by atoms with Gasteiger partial charge >= 0.3 is 6.03 Å². The average molecular weight is 448 g/mol. The minimum Gasteiger partial charge on any atom is -0.382 e. The minimum absolute atomic E-state index is 0.221. The highest BCUT2D eigenvalue weighted by Crippen LogP contribution is 2.28. The Morgan fingerprint density at radius 3 is 2.45 bits per heavy atom. The SMILES string of the molecule is CN(C)C(=O)n1nc(N)c2cc(-c3ccc(NCC(C)(C)c4ccc(F)cc4)nn3)ccc21. The average Bonchev–Trinajstić information content (AvgIpc) is 3.13. The van der Waals surface area contributed by atoms with Gasteiger partial charge in [0.2, 0.25) is 0 Å². The molecular weight excluding hydrogens is 421 g/mol. The number of nitrogens with zero attached hydrogens (tertiary/aromatic N) is 5. The molecule has 0 aliphatic rings. The number of anilines is 2. The number of rotatable bonds is 5. The molecule has 0 fully saturated rings. The van der Waals surface area contributed by atoms with Crippen LogP contribution in [0.4, 0.5) is 20.8 Å². The molecule has 0 aliphatic heterocycles. The first-order chi connectivity index (χ1) is 15.7. The fourth-order valence-electron chi connectivity index (χ4n) is 3.53. The van der Waals surface area contributed by atoms with Gasteiger partial charge in [0.1, 0.15) is 11.6 Å². The van der Waals surface area contributed by atoms with Gasteiger partial charge in [-0.15, -0.1) is 15.3 Å². The van der Waals surface area contributed by atoms with E-state index in [2.05, 4.69) is 34.5 Å². The number of aromatic nitrogens is 4. The summed E-state index contributed by atoms with van der Waals surface area (Å²) in [6.07, 6.45) is 0. The lowest BCUT2D eigenvalue weighted by molar-refractivity contribution is 0.217. The van der Waals surface area contributed by atoms with Crippen LogP contribution in [-0.4, -0.2) is 51.5 Å². The minimum atomic E-state index is -0.275. The molecule has 4 rings (SSSR count). The van der Waals surface area contributed by atoms with Gasteiger partial charge in [0.05, 0.1) is 11.2 Å². The van der Waals surface area contributed by atoms with Gasteiger partial charge in [0, 0.05) is 37.0 Å². The Morgan fingerprint density at radius 2 is 1.82 bits per heavy atom. The van der Waals surface area contributed by atoms with Crippen molar-refractivity contribution in [2.24, 2.45) is 0 Å². The zero-order valence-corrected chi connectivity index (χ0v) is 19.0. The Labute approximate surface area is 191 Å². The van der Waals surface area contributed by atoms with Gasteiger partial charge in [-0.3, -0.25) is 0 Å². The van der Waals surface area contributed by atoms with E-state index in [0.717, 1.165) is 11.1 Å². The Morgan fingerprint density at radius 1 is 1.09 bits per heavy atom. The zero-order valence-electron chi connectivity index (χ0n) is 19.0. The van der Waals surface area contributed by atoms with Crippen LogP contribution in [0, 0.1) is 5.82 Å². The van der Waals surface area contributed by atoms with Gasteiger partial charge in [0.25, 0.3) is 0 Å². The van der Waals surface area contributed by atoms with E-state index in [1.807, 2.05) is 24.3 Å². The lowest BCUT2D eigenvalue weighted by Gasteiger charge is -2.25. The first-order valence-corrected chi connectivity index (χ1v) is 10.5. The number of fused-ring (bicyclic) bond motifs is 1. The Bertz CT molecular complexity index is 1300. The quantitative estimate of drug-likeness (QED) is 0.477. The Hall–Kier alpha value is -4.01. The molecule has 3 N–H and O–H groups in total. The highest BCUT2D eigenvalue weighted by atomic mass is 19.1. The molecule has 8 nitrogen and oxygen atoms in total. The summed E-state index contributed by atoms with van der Waals surface area (Å²) in [5.74, 6) is 0.663. The summed E-state index contributed by atoms with van der Waals surface area (Å²) in [4.78, 5) is 13.8. The van der Waals surface area contributed by atoms with E-state index in [9.17, 15) is 9.18 Å². The lowest BCUT2D eigenvalue weighted by atomic mass is 9.84. The Balaban J connectivity index is 1.51. The van der Waals surface area contributed by atoms with Gasteiger partial charge in [-0.05, 0) is 42.0 Å². The molecule has 170 valence electrons. The number of hydrogen-bond acceptors (Lipinski definition) is 6. The van der Waals surface area contributed by atoms with Crippen LogP contribution in [0.1, 0.15) is 19.4 Å². The van der Waals surface area contributed by atoms with Crippen molar-refractivity contribution in [2.75, 3.05) is 31.7 Å². The molecule has 0 radical (unpaired) electrons. The van der Waals surface area contributed by atoms with Crippen molar-refractivity contribution in [1.29, 1.82) is 0 Å². The highest BCUT2D eigenvalue weighted by Gasteiger charge is 2.21. The molecule has 0 spiro atoms. The maximum absolute atomic E-state index is 13.2. The van der Waals surface area contributed by atoms with Crippen LogP contribution in [0.15, 0.2) is 54.6 Å². The van der Waals surface area contributed by atoms with E-state index in [-0.39, 0.29) is 23.1 Å². The molecule has 9 heteroatoms. The topological polar surface area (TPSA) is 102 Å². The normalized spacial score (nSPS) is 11.5. The predicted molar refractivity (Wildman–Crippen MR) is 128 cm³/mol. The van der Waals surface area contributed by atoms with E-state index in [4.69, 9.17) is 5.73 Å². The van der Waals surface area contributed by atoms with Crippen LogP contribution in [0.2, 0.25) is 0 Å². The standard InChI is InChI=1S/C24H26FN7O/c1-24(2,16-6-8-17(25)9-7-16)14-27-21-12-10-19(28-29-21)15-5-11-20-18(13-15)22(26)30-32(20)23(33)31(3)4/h5-13H,14H2,1-4H3,(H2,26,30)(H,27,29). The number of nitrogen functional groups attached to an aromatic ring is 1. The van der Waals surface area contributed by atoms with Gasteiger partial charge in [-0.1, -0.05) is 32.0 Å². The molecule has 0 saturated carbocycles. The maximum Gasteiger partial charge on any atom is 0.344 e. The van der Waals surface area contributed by atoms with Crippen LogP contribution in [0.3, 0.4) is 0 Å². The summed E-state index contributed by atoms with van der Waals surface area (Å²) in [7, 11) is 3.32. The van der Waals surface area contributed by atoms with Gasteiger partial charge in [0.15, 0.2) is 5.82 Å². The fraction of sp³-hybridized carbons (Fsp3) is 0.250. The number of benzene rings is 2. The lowest BCUT2D eigenvalue weighted by Crippen LogP contribution is -2.28. The zero-order chi connectivity index (χ0) is 23.8. The molecule has 2 aromatic carbocycles. The van der Waals surface area contributed by atoms with Crippen molar-refractivity contribution in [1.82, 2.24) is 24.9 Å². The first-order valence-electron chi connectivity index (χ1n) is 10.5. The second kappa shape index (κ2) is 8.50. The fourth-order valence-corrected chi connectivity index (χ4v) is 3.53. The largest absolute Gasteiger partial charge is 0.382 e. The Kier molecular flexibility index (Phi) is 5.71. The molecule has 33 heavy (non-hydrogen) atoms. The van der Waals surface area contributed by atoms with Crippen molar-refractivity contribution in [3.8, 4) is 11.3 Å². The second-order valence-electron chi connectivity index (χ2n) is 8.75. The summed E-state index contributed by atoms with van der Waals surface area (Å²) >= 11 is 0. The van der Waals surface area contributed by atoms with Crippen molar-refractivity contribution in [3.05, 3.63) is 66.0 Å². The van der Waals surface area contributed by atoms with E-state index in [1.165, 1.54) is 21.7 Å². The van der Waals surface area contributed by atoms with Crippen LogP contribution in [-0.2, 0) is 5.41 Å². The monoisotopic (exact) mass is 447 g/mol. The molecule has 2 heterocycles. The summed E-state index contributed by atoms with van der Waals surface area (Å²) < 4.78 is 14.5. The van der Waals surface area contributed by atoms with Crippen molar-refractivity contribution >= 4 is 28.6 Å². The summed E-state index contributed by atoms with van der Waals surface area (Å²) in [5, 5.41) is 16.8. The number of amides is 1. The molecule has 0 bridgehead atoms. The third kappa shape index (κ3) is 4.48. The summed E-state index contributed by atoms with van der Waals surface area (Å²) in [6, 6.07) is 15.5. The van der Waals surface area contributed by atoms with Crippen molar-refractivity contribution in [3.63, 3.8) is 0 Å². The second-order valence-corrected chi connectivity index (χ2v) is 8.75. The highest BCUT2D eigenvalue weighted by molar-refractivity contribution is 5.97. The maximum atomic E-state index is 13.2. The van der Waals surface area contributed by atoms with E-state index >= 15 is 0 Å². The van der Waals surface area contributed by atoms with E-state index in [0.29, 0.717) is 29.0 Å². The van der Waals surface area contributed by atoms with E-state index < -0.39 is 0 Å². The van der Waals surface area contributed by atoms with E-state index in [1.54, 1.807) is 32.3 Å². The number of nitrogens with two attached hydrogens (primary N) is 1. The third-order valence-electron chi connectivity index (χ3n) is 5.57. The third-order valence-corrected chi connectivity index (χ3v) is 5.57. The first kappa shape index (κ1) is 22.2. The molecule has 2 aromatic heterocycles. The van der Waals surface area contributed by atoms with Crippen molar-refractivity contribution < 1.29 is 9.18 Å². The smallest absolute Gasteiger partial charge is 0.344 e. The molecule has 4 aromatic rings. The van der Waals surface area contributed by atoms with Gasteiger partial charge in [-0.25, -0.2) is 9.18 Å². The van der Waals surface area contributed by atoms with Gasteiger partial charge < -0.3 is 16.0 Å². The molecule has 0 unspecified atom stereocenters. The van der Waals surface area contributed by atoms with Gasteiger partial charge in [-0.2, -0.15) is 4.68 Å². The number of carbonyl (C=O) groups is 1. The number of halogens is 1. The number of carbonyl (C=O) groups excluding carboxylic acids is 1. The summed E-state index contributed by atoms with van der Waals surface area (Å²) in [6.45, 7) is 4.76. The predicted octanol–water partition coefficient (Wildman–Crippen LogP) is 4.13. The molecular formula is C24H26FN7O. The van der Waals surface area contributed by atoms with Crippen LogP contribution >= 0.6 is 0 Å². The van der Waals surface area contributed by atoms with Crippen LogP contribution in [0.25, 0.3) is 22.2 Å². The van der Waals surface area contributed by atoms with Crippen LogP contribution in [0.5, 0.6) is 0 Å². The summed E-state index contributed by atoms with van der Waals surface area (Å²) in [5.41, 5.74) is 8.98. The van der Waals surface area contributed by atoms with Crippen molar-refractivity contribution in [2.45, 2.75) is 19.3 Å². The molecule has 0 atom stereocenters. The molecule has 0 saturated heterocycles.